The normalized spacial score (nSPS) is 32.8. The monoisotopic (exact) mass is 183 g/mol. The average molecular weight is 183 g/mol. The summed E-state index contributed by atoms with van der Waals surface area (Å²) < 4.78 is 0. The summed E-state index contributed by atoms with van der Waals surface area (Å²) in [6.07, 6.45) is 1.05. The van der Waals surface area contributed by atoms with E-state index in [0.29, 0.717) is 12.5 Å². The lowest BCUT2D eigenvalue weighted by molar-refractivity contribution is -0.138. The summed E-state index contributed by atoms with van der Waals surface area (Å²) in [5.41, 5.74) is 0. The van der Waals surface area contributed by atoms with Crippen LogP contribution in [0, 0.1) is 5.92 Å². The van der Waals surface area contributed by atoms with Crippen molar-refractivity contribution in [3.8, 4) is 0 Å². The number of nitrogens with one attached hydrogen (secondary N) is 2. The minimum Gasteiger partial charge on any atom is -0.480 e. The van der Waals surface area contributed by atoms with Crippen LogP contribution in [0.1, 0.15) is 6.42 Å². The summed E-state index contributed by atoms with van der Waals surface area (Å²) in [5, 5.41) is 14.9. The van der Waals surface area contributed by atoms with E-state index < -0.39 is 12.0 Å². The largest absolute Gasteiger partial charge is 0.480 e. The van der Waals surface area contributed by atoms with Crippen molar-refractivity contribution in [2.75, 3.05) is 19.6 Å². The summed E-state index contributed by atoms with van der Waals surface area (Å²) in [6.45, 7) is 2.29. The molecule has 2 heterocycles. The fourth-order valence-electron chi connectivity index (χ4n) is 1.73. The number of aliphatic carboxylic acids is 1. The molecule has 3 N–H and O–H groups in total. The van der Waals surface area contributed by atoms with Crippen LogP contribution in [-0.2, 0) is 4.79 Å². The van der Waals surface area contributed by atoms with Crippen LogP contribution in [0.2, 0.25) is 0 Å². The minimum atomic E-state index is -0.815. The number of hydrogen-bond donors (Lipinski definition) is 3. The molecular formula is C8H13N3O2. The number of carboxylic acids is 1. The number of hydrogen-bond acceptors (Lipinski definition) is 4. The molecule has 2 aliphatic heterocycles. The molecule has 0 amide bonds. The molecule has 2 rings (SSSR count). The second-order valence-corrected chi connectivity index (χ2v) is 3.45. The van der Waals surface area contributed by atoms with E-state index in [1.165, 1.54) is 0 Å². The zero-order valence-electron chi connectivity index (χ0n) is 7.29. The number of aliphatic imine (C=N–C) groups is 1. The van der Waals surface area contributed by atoms with Gasteiger partial charge >= 0.3 is 5.97 Å². The molecule has 5 heteroatoms. The van der Waals surface area contributed by atoms with Crippen molar-refractivity contribution >= 4 is 11.8 Å². The smallest absolute Gasteiger partial charge is 0.328 e. The van der Waals surface area contributed by atoms with Crippen molar-refractivity contribution in [1.29, 1.82) is 0 Å². The SMILES string of the molecule is O=C(O)C1CN=C(C2CCNC2)N1. The van der Waals surface area contributed by atoms with Gasteiger partial charge in [-0.25, -0.2) is 4.79 Å². The maximum atomic E-state index is 10.6. The Morgan fingerprint density at radius 3 is 3.00 bits per heavy atom. The van der Waals surface area contributed by atoms with E-state index in [-0.39, 0.29) is 0 Å². The second-order valence-electron chi connectivity index (χ2n) is 3.45. The second kappa shape index (κ2) is 3.33. The maximum absolute atomic E-state index is 10.6. The van der Waals surface area contributed by atoms with Gasteiger partial charge < -0.3 is 15.7 Å². The van der Waals surface area contributed by atoms with Gasteiger partial charge in [0.15, 0.2) is 0 Å². The number of amidine groups is 1. The van der Waals surface area contributed by atoms with Crippen LogP contribution >= 0.6 is 0 Å². The van der Waals surface area contributed by atoms with Gasteiger partial charge in [-0.2, -0.15) is 0 Å². The zero-order chi connectivity index (χ0) is 9.26. The van der Waals surface area contributed by atoms with Crippen molar-refractivity contribution in [1.82, 2.24) is 10.6 Å². The molecule has 1 saturated heterocycles. The first-order chi connectivity index (χ1) is 6.27. The average Bonchev–Trinajstić information content (AvgIpc) is 2.75. The first-order valence-electron chi connectivity index (χ1n) is 4.52. The van der Waals surface area contributed by atoms with Crippen LogP contribution in [0.3, 0.4) is 0 Å². The highest BCUT2D eigenvalue weighted by Crippen LogP contribution is 2.12. The molecule has 0 aromatic carbocycles. The molecule has 0 saturated carbocycles. The van der Waals surface area contributed by atoms with Crippen molar-refractivity contribution in [2.24, 2.45) is 10.9 Å². The third kappa shape index (κ3) is 1.65. The molecule has 0 aromatic rings. The zero-order valence-corrected chi connectivity index (χ0v) is 7.29. The molecule has 0 spiro atoms. The highest BCUT2D eigenvalue weighted by Gasteiger charge is 2.29. The van der Waals surface area contributed by atoms with E-state index >= 15 is 0 Å². The molecule has 1 fully saturated rings. The minimum absolute atomic E-state index is 0.376. The Labute approximate surface area is 76.2 Å². The van der Waals surface area contributed by atoms with E-state index in [1.807, 2.05) is 0 Å². The van der Waals surface area contributed by atoms with Gasteiger partial charge in [0, 0.05) is 12.5 Å². The van der Waals surface area contributed by atoms with Crippen molar-refractivity contribution < 1.29 is 9.90 Å². The molecule has 72 valence electrons. The molecule has 0 aromatic heterocycles. The Balaban J connectivity index is 1.92. The third-order valence-corrected chi connectivity index (χ3v) is 2.51. The van der Waals surface area contributed by atoms with E-state index in [4.69, 9.17) is 5.11 Å². The molecule has 0 radical (unpaired) electrons. The number of carboxylic acid groups (broad SMARTS) is 1. The number of nitrogens with zero attached hydrogens (tertiary/aromatic N) is 1. The van der Waals surface area contributed by atoms with Gasteiger partial charge in [-0.1, -0.05) is 0 Å². The van der Waals surface area contributed by atoms with Crippen LogP contribution < -0.4 is 10.6 Å². The summed E-state index contributed by atoms with van der Waals surface area (Å²) in [7, 11) is 0. The molecule has 2 atom stereocenters. The standard InChI is InChI=1S/C8H13N3O2/c12-8(13)6-4-10-7(11-6)5-1-2-9-3-5/h5-6,9H,1-4H2,(H,10,11)(H,12,13). The van der Waals surface area contributed by atoms with Gasteiger partial charge in [-0.05, 0) is 13.0 Å². The topological polar surface area (TPSA) is 73.7 Å². The molecular weight excluding hydrogens is 170 g/mol. The number of carbonyl (C=O) groups is 1. The first-order valence-corrected chi connectivity index (χ1v) is 4.52. The highest BCUT2D eigenvalue weighted by molar-refractivity contribution is 5.92. The van der Waals surface area contributed by atoms with Crippen LogP contribution in [0.15, 0.2) is 4.99 Å². The lowest BCUT2D eigenvalue weighted by Crippen LogP contribution is -2.40. The molecule has 0 aliphatic carbocycles. The lowest BCUT2D eigenvalue weighted by Gasteiger charge is -2.11. The lowest BCUT2D eigenvalue weighted by atomic mass is 10.1. The van der Waals surface area contributed by atoms with Gasteiger partial charge in [-0.3, -0.25) is 4.99 Å². The molecule has 2 unspecified atom stereocenters. The van der Waals surface area contributed by atoms with E-state index in [0.717, 1.165) is 25.3 Å². The molecule has 2 aliphatic rings. The fraction of sp³-hybridized carbons (Fsp3) is 0.750. The van der Waals surface area contributed by atoms with Crippen LogP contribution in [0.5, 0.6) is 0 Å². The van der Waals surface area contributed by atoms with Gasteiger partial charge in [0.05, 0.1) is 6.54 Å². The maximum Gasteiger partial charge on any atom is 0.328 e. The van der Waals surface area contributed by atoms with E-state index in [9.17, 15) is 4.79 Å². The third-order valence-electron chi connectivity index (χ3n) is 2.51. The Bertz CT molecular complexity index is 246. The Hall–Kier alpha value is -1.10. The number of rotatable bonds is 2. The van der Waals surface area contributed by atoms with Crippen molar-refractivity contribution in [3.05, 3.63) is 0 Å². The summed E-state index contributed by atoms with van der Waals surface area (Å²) >= 11 is 0. The van der Waals surface area contributed by atoms with Gasteiger partial charge in [0.1, 0.15) is 11.9 Å². The molecule has 13 heavy (non-hydrogen) atoms. The molecule has 0 bridgehead atoms. The van der Waals surface area contributed by atoms with Crippen LogP contribution in [0.25, 0.3) is 0 Å². The van der Waals surface area contributed by atoms with Gasteiger partial charge in [0.2, 0.25) is 0 Å². The summed E-state index contributed by atoms with van der Waals surface area (Å²) in [6, 6.07) is -0.504. The van der Waals surface area contributed by atoms with E-state index in [2.05, 4.69) is 15.6 Å². The van der Waals surface area contributed by atoms with E-state index in [1.54, 1.807) is 0 Å². The Kier molecular flexibility index (Phi) is 2.18. The van der Waals surface area contributed by atoms with Crippen LogP contribution in [-0.4, -0.2) is 42.6 Å². The fourth-order valence-corrected chi connectivity index (χ4v) is 1.73. The molecule has 5 nitrogen and oxygen atoms in total. The summed E-state index contributed by atoms with van der Waals surface area (Å²) in [4.78, 5) is 14.8. The predicted molar refractivity (Wildman–Crippen MR) is 47.8 cm³/mol. The van der Waals surface area contributed by atoms with Crippen molar-refractivity contribution in [3.63, 3.8) is 0 Å². The predicted octanol–water partition coefficient (Wildman–Crippen LogP) is -0.949. The Morgan fingerprint density at radius 2 is 2.46 bits per heavy atom. The van der Waals surface area contributed by atoms with Crippen molar-refractivity contribution in [2.45, 2.75) is 12.5 Å². The Morgan fingerprint density at radius 1 is 1.62 bits per heavy atom. The van der Waals surface area contributed by atoms with Crippen LogP contribution in [0.4, 0.5) is 0 Å². The quantitative estimate of drug-likeness (QED) is 0.516. The van der Waals surface area contributed by atoms with Gasteiger partial charge in [-0.15, -0.1) is 0 Å². The highest BCUT2D eigenvalue weighted by atomic mass is 16.4. The first kappa shape index (κ1) is 8.50. The van der Waals surface area contributed by atoms with Gasteiger partial charge in [0.25, 0.3) is 0 Å². The summed E-state index contributed by atoms with van der Waals surface area (Å²) in [5.74, 6) is 0.450.